The fourth-order valence-corrected chi connectivity index (χ4v) is 1.27. The van der Waals surface area contributed by atoms with Crippen molar-refractivity contribution in [3.05, 3.63) is 18.2 Å². The van der Waals surface area contributed by atoms with Gasteiger partial charge < -0.3 is 9.47 Å². The van der Waals surface area contributed by atoms with E-state index in [-0.39, 0.29) is 0 Å². The van der Waals surface area contributed by atoms with Crippen molar-refractivity contribution >= 4 is 11.8 Å². The van der Waals surface area contributed by atoms with Crippen LogP contribution in [0.25, 0.3) is 0 Å². The number of nitrogens with zero attached hydrogens (tertiary/aromatic N) is 1. The van der Waals surface area contributed by atoms with Gasteiger partial charge in [0.25, 0.3) is 0 Å². The third-order valence-electron chi connectivity index (χ3n) is 1.91. The smallest absolute Gasteiger partial charge is 0.240 e. The second kappa shape index (κ2) is 3.94. The minimum absolute atomic E-state index is 0.532. The van der Waals surface area contributed by atoms with Crippen LogP contribution in [0, 0.1) is 0 Å². The molecule has 2 rings (SSSR count). The molecule has 0 unspecified atom stereocenters. The molecule has 72 valence electrons. The molecular weight excluding hydrogens is 182 g/mol. The number of rotatable bonds is 1. The van der Waals surface area contributed by atoms with E-state index in [1.54, 1.807) is 18.2 Å². The van der Waals surface area contributed by atoms with E-state index in [1.165, 1.54) is 6.08 Å². The van der Waals surface area contributed by atoms with E-state index in [4.69, 9.17) is 9.47 Å². The molecule has 0 spiro atoms. The SMILES string of the molecule is O=C=Nc1ccc2c(c1)OCCCO2. The quantitative estimate of drug-likeness (QED) is 0.502. The van der Waals surface area contributed by atoms with Crippen molar-refractivity contribution in [1.29, 1.82) is 0 Å². The first-order valence-electron chi connectivity index (χ1n) is 4.37. The molecule has 0 bridgehead atoms. The molecule has 1 aromatic carbocycles. The number of carbonyl (C=O) groups excluding carboxylic acids is 1. The first-order chi connectivity index (χ1) is 6.90. The van der Waals surface area contributed by atoms with Crippen LogP contribution in [0.5, 0.6) is 11.5 Å². The zero-order valence-corrected chi connectivity index (χ0v) is 7.53. The predicted octanol–water partition coefficient (Wildman–Crippen LogP) is 1.82. The van der Waals surface area contributed by atoms with Crippen LogP contribution < -0.4 is 9.47 Å². The Kier molecular flexibility index (Phi) is 2.47. The van der Waals surface area contributed by atoms with Crippen molar-refractivity contribution in [2.45, 2.75) is 6.42 Å². The third-order valence-corrected chi connectivity index (χ3v) is 1.91. The lowest BCUT2D eigenvalue weighted by Crippen LogP contribution is -1.97. The highest BCUT2D eigenvalue weighted by molar-refractivity contribution is 5.56. The molecule has 1 aliphatic rings. The molecule has 1 aromatic rings. The Hall–Kier alpha value is -1.80. The van der Waals surface area contributed by atoms with Crippen LogP contribution in [0.2, 0.25) is 0 Å². The summed E-state index contributed by atoms with van der Waals surface area (Å²) in [5.74, 6) is 1.34. The average Bonchev–Trinajstić information content (AvgIpc) is 2.42. The van der Waals surface area contributed by atoms with Gasteiger partial charge in [-0.1, -0.05) is 0 Å². The van der Waals surface area contributed by atoms with Crippen molar-refractivity contribution in [2.24, 2.45) is 4.99 Å². The lowest BCUT2D eigenvalue weighted by molar-refractivity contribution is 0.297. The highest BCUT2D eigenvalue weighted by atomic mass is 16.5. The van der Waals surface area contributed by atoms with E-state index >= 15 is 0 Å². The molecule has 14 heavy (non-hydrogen) atoms. The lowest BCUT2D eigenvalue weighted by atomic mass is 10.3. The lowest BCUT2D eigenvalue weighted by Gasteiger charge is -2.06. The molecular formula is C10H9NO3. The summed E-state index contributed by atoms with van der Waals surface area (Å²) >= 11 is 0. The van der Waals surface area contributed by atoms with Crippen LogP contribution >= 0.6 is 0 Å². The number of aliphatic imine (C=N–C) groups is 1. The van der Waals surface area contributed by atoms with E-state index in [2.05, 4.69) is 4.99 Å². The van der Waals surface area contributed by atoms with Crippen LogP contribution in [-0.4, -0.2) is 19.3 Å². The second-order valence-electron chi connectivity index (χ2n) is 2.88. The highest BCUT2D eigenvalue weighted by Crippen LogP contribution is 2.32. The van der Waals surface area contributed by atoms with Gasteiger partial charge in [-0.3, -0.25) is 0 Å². The minimum atomic E-state index is 0.532. The van der Waals surface area contributed by atoms with Gasteiger partial charge in [-0.15, -0.1) is 0 Å². The highest BCUT2D eigenvalue weighted by Gasteiger charge is 2.09. The van der Waals surface area contributed by atoms with E-state index in [9.17, 15) is 4.79 Å². The number of isocyanates is 1. The Morgan fingerprint density at radius 3 is 2.79 bits per heavy atom. The maximum absolute atomic E-state index is 10.0. The van der Waals surface area contributed by atoms with Crippen molar-refractivity contribution in [1.82, 2.24) is 0 Å². The predicted molar refractivity (Wildman–Crippen MR) is 49.8 cm³/mol. The third kappa shape index (κ3) is 1.75. The Labute approximate surface area is 81.2 Å². The fraction of sp³-hybridized carbons (Fsp3) is 0.300. The molecule has 0 saturated carbocycles. The monoisotopic (exact) mass is 191 g/mol. The molecule has 4 nitrogen and oxygen atoms in total. The summed E-state index contributed by atoms with van der Waals surface area (Å²) in [7, 11) is 0. The molecule has 0 saturated heterocycles. The number of hydrogen-bond donors (Lipinski definition) is 0. The van der Waals surface area contributed by atoms with Crippen molar-refractivity contribution in [2.75, 3.05) is 13.2 Å². The van der Waals surface area contributed by atoms with E-state index in [1.807, 2.05) is 0 Å². The first-order valence-corrected chi connectivity index (χ1v) is 4.37. The molecule has 0 radical (unpaired) electrons. The van der Waals surface area contributed by atoms with Crippen LogP contribution in [-0.2, 0) is 4.79 Å². The number of fused-ring (bicyclic) bond motifs is 1. The standard InChI is InChI=1S/C10H9NO3/c12-7-11-8-2-3-9-10(6-8)14-5-1-4-13-9/h2-3,6H,1,4-5H2. The summed E-state index contributed by atoms with van der Waals surface area (Å²) < 4.78 is 10.8. The van der Waals surface area contributed by atoms with E-state index < -0.39 is 0 Å². The minimum Gasteiger partial charge on any atom is -0.490 e. The number of ether oxygens (including phenoxy) is 2. The fourth-order valence-electron chi connectivity index (χ4n) is 1.27. The molecule has 0 N–H and O–H groups in total. The van der Waals surface area contributed by atoms with Gasteiger partial charge in [-0.25, -0.2) is 4.79 Å². The Morgan fingerprint density at radius 2 is 2.00 bits per heavy atom. The first kappa shape index (κ1) is 8.78. The maximum Gasteiger partial charge on any atom is 0.240 e. The Bertz CT molecular complexity index is 383. The molecule has 0 amide bonds. The summed E-state index contributed by atoms with van der Waals surface area (Å²) in [4.78, 5) is 13.6. The Balaban J connectivity index is 2.36. The van der Waals surface area contributed by atoms with Gasteiger partial charge in [0.05, 0.1) is 18.9 Å². The summed E-state index contributed by atoms with van der Waals surface area (Å²) in [6.07, 6.45) is 2.35. The van der Waals surface area contributed by atoms with Gasteiger partial charge in [0.1, 0.15) is 0 Å². The summed E-state index contributed by atoms with van der Waals surface area (Å²) in [6, 6.07) is 5.11. The maximum atomic E-state index is 10.0. The van der Waals surface area contributed by atoms with Crippen molar-refractivity contribution in [3.8, 4) is 11.5 Å². The molecule has 0 aliphatic carbocycles. The van der Waals surface area contributed by atoms with Gasteiger partial charge >= 0.3 is 0 Å². The molecule has 0 atom stereocenters. The van der Waals surface area contributed by atoms with Crippen LogP contribution in [0.3, 0.4) is 0 Å². The van der Waals surface area contributed by atoms with Crippen LogP contribution in [0.1, 0.15) is 6.42 Å². The van der Waals surface area contributed by atoms with Crippen LogP contribution in [0.15, 0.2) is 23.2 Å². The summed E-state index contributed by atoms with van der Waals surface area (Å²) in [5.41, 5.74) is 0.532. The van der Waals surface area contributed by atoms with Crippen molar-refractivity contribution in [3.63, 3.8) is 0 Å². The largest absolute Gasteiger partial charge is 0.490 e. The molecule has 0 aromatic heterocycles. The van der Waals surface area contributed by atoms with Gasteiger partial charge in [0, 0.05) is 12.5 Å². The topological polar surface area (TPSA) is 47.9 Å². The molecule has 1 heterocycles. The number of hydrogen-bond acceptors (Lipinski definition) is 4. The van der Waals surface area contributed by atoms with E-state index in [0.717, 1.165) is 6.42 Å². The molecule has 0 fully saturated rings. The zero-order valence-electron chi connectivity index (χ0n) is 7.53. The average molecular weight is 191 g/mol. The Morgan fingerprint density at radius 1 is 1.21 bits per heavy atom. The van der Waals surface area contributed by atoms with E-state index in [0.29, 0.717) is 30.4 Å². The zero-order chi connectivity index (χ0) is 9.80. The van der Waals surface area contributed by atoms with Crippen molar-refractivity contribution < 1.29 is 14.3 Å². The summed E-state index contributed by atoms with van der Waals surface area (Å²) in [5, 5.41) is 0. The van der Waals surface area contributed by atoms with Gasteiger partial charge in [-0.2, -0.15) is 4.99 Å². The van der Waals surface area contributed by atoms with Gasteiger partial charge in [-0.05, 0) is 12.1 Å². The molecule has 1 aliphatic heterocycles. The second-order valence-corrected chi connectivity index (χ2v) is 2.88. The van der Waals surface area contributed by atoms with Crippen LogP contribution in [0.4, 0.5) is 5.69 Å². The number of benzene rings is 1. The molecule has 4 heteroatoms. The van der Waals surface area contributed by atoms with Gasteiger partial charge in [0.15, 0.2) is 11.5 Å². The normalized spacial score (nSPS) is 14.0. The summed E-state index contributed by atoms with van der Waals surface area (Å²) in [6.45, 7) is 1.28. The van der Waals surface area contributed by atoms with Gasteiger partial charge in [0.2, 0.25) is 6.08 Å².